The fourth-order valence-electron chi connectivity index (χ4n) is 3.40. The van der Waals surface area contributed by atoms with Crippen molar-refractivity contribution in [3.63, 3.8) is 0 Å². The lowest BCUT2D eigenvalue weighted by Crippen LogP contribution is -2.42. The Morgan fingerprint density at radius 1 is 1.11 bits per heavy atom. The van der Waals surface area contributed by atoms with Crippen LogP contribution in [0, 0.1) is 0 Å². The second-order valence-corrected chi connectivity index (χ2v) is 7.26. The molecule has 2 N–H and O–H groups in total. The third kappa shape index (κ3) is 3.63. The van der Waals surface area contributed by atoms with Crippen LogP contribution in [0.25, 0.3) is 0 Å². The molecular formula is C22H25N3O3. The number of benzene rings is 2. The van der Waals surface area contributed by atoms with Crippen LogP contribution in [0.2, 0.25) is 0 Å². The minimum atomic E-state index is -1.17. The summed E-state index contributed by atoms with van der Waals surface area (Å²) in [7, 11) is 0. The summed E-state index contributed by atoms with van der Waals surface area (Å²) in [4.78, 5) is 38.9. The molecule has 0 spiro atoms. The lowest BCUT2D eigenvalue weighted by molar-refractivity contribution is -0.133. The monoisotopic (exact) mass is 379 g/mol. The summed E-state index contributed by atoms with van der Waals surface area (Å²) >= 11 is 0. The molecule has 2 atom stereocenters. The molecule has 146 valence electrons. The maximum absolute atomic E-state index is 12.9. The predicted octanol–water partition coefficient (Wildman–Crippen LogP) is 3.61. The molecule has 1 saturated heterocycles. The van der Waals surface area contributed by atoms with Crippen LogP contribution in [-0.2, 0) is 15.1 Å². The van der Waals surface area contributed by atoms with E-state index < -0.39 is 23.4 Å². The van der Waals surface area contributed by atoms with Crippen LogP contribution < -0.4 is 10.6 Å². The first-order chi connectivity index (χ1) is 13.4. The molecule has 0 aromatic heterocycles. The second kappa shape index (κ2) is 7.84. The topological polar surface area (TPSA) is 78.5 Å². The Labute approximate surface area is 164 Å². The van der Waals surface area contributed by atoms with E-state index in [9.17, 15) is 14.4 Å². The Morgan fingerprint density at radius 3 is 2.43 bits per heavy atom. The van der Waals surface area contributed by atoms with Crippen molar-refractivity contribution in [3.05, 3.63) is 65.7 Å². The molecular weight excluding hydrogens is 354 g/mol. The molecule has 0 bridgehead atoms. The Bertz CT molecular complexity index is 897. The van der Waals surface area contributed by atoms with E-state index in [4.69, 9.17) is 0 Å². The Kier molecular flexibility index (Phi) is 5.49. The van der Waals surface area contributed by atoms with E-state index in [1.165, 1.54) is 0 Å². The minimum Gasteiger partial charge on any atom is -0.324 e. The van der Waals surface area contributed by atoms with Crippen molar-refractivity contribution >= 4 is 23.5 Å². The van der Waals surface area contributed by atoms with Gasteiger partial charge in [-0.3, -0.25) is 14.5 Å². The van der Waals surface area contributed by atoms with Gasteiger partial charge in [-0.05, 0) is 36.5 Å². The fourth-order valence-corrected chi connectivity index (χ4v) is 3.40. The molecule has 4 amide bonds. The van der Waals surface area contributed by atoms with Gasteiger partial charge in [0, 0.05) is 5.69 Å². The lowest BCUT2D eigenvalue weighted by atomic mass is 9.92. The molecule has 6 heteroatoms. The summed E-state index contributed by atoms with van der Waals surface area (Å²) in [5.74, 6) is -0.555. The molecule has 3 rings (SSSR count). The van der Waals surface area contributed by atoms with Crippen molar-refractivity contribution in [2.24, 2.45) is 0 Å². The average Bonchev–Trinajstić information content (AvgIpc) is 2.92. The molecule has 0 saturated carbocycles. The molecule has 0 radical (unpaired) electrons. The third-order valence-corrected chi connectivity index (χ3v) is 5.31. The van der Waals surface area contributed by atoms with E-state index >= 15 is 0 Å². The molecule has 1 fully saturated rings. The summed E-state index contributed by atoms with van der Waals surface area (Å²) in [6, 6.07) is 16.0. The van der Waals surface area contributed by atoms with Crippen molar-refractivity contribution < 1.29 is 14.4 Å². The van der Waals surface area contributed by atoms with E-state index in [2.05, 4.69) is 24.5 Å². The van der Waals surface area contributed by atoms with Crippen molar-refractivity contribution in [1.82, 2.24) is 10.2 Å². The highest BCUT2D eigenvalue weighted by Gasteiger charge is 2.49. The summed E-state index contributed by atoms with van der Waals surface area (Å²) in [6.07, 6.45) is 0.940. The van der Waals surface area contributed by atoms with Gasteiger partial charge in [0.15, 0.2) is 0 Å². The summed E-state index contributed by atoms with van der Waals surface area (Å²) < 4.78 is 0. The number of rotatable bonds is 6. The van der Waals surface area contributed by atoms with Gasteiger partial charge in [-0.15, -0.1) is 0 Å². The van der Waals surface area contributed by atoms with E-state index in [0.717, 1.165) is 16.9 Å². The van der Waals surface area contributed by atoms with E-state index in [0.29, 0.717) is 11.3 Å². The molecule has 6 nitrogen and oxygen atoms in total. The van der Waals surface area contributed by atoms with E-state index in [1.54, 1.807) is 31.2 Å². The zero-order chi connectivity index (χ0) is 20.3. The standard InChI is InChI=1S/C22H25N3O3/c1-4-15(2)17-12-8-9-13-18(17)23-19(26)14-25-20(27)22(3,24-21(25)28)16-10-6-5-7-11-16/h5-13,15H,4,14H2,1-3H3,(H,23,26)(H,24,28)/t15-,22+/m1/s1. The summed E-state index contributed by atoms with van der Waals surface area (Å²) in [6.45, 7) is 5.50. The Hall–Kier alpha value is -3.15. The number of urea groups is 1. The summed E-state index contributed by atoms with van der Waals surface area (Å²) in [5, 5.41) is 5.56. The van der Waals surface area contributed by atoms with Crippen molar-refractivity contribution in [1.29, 1.82) is 0 Å². The SMILES string of the molecule is CC[C@@H](C)c1ccccc1NC(=O)CN1C(=O)N[C@@](C)(c2ccccc2)C1=O. The predicted molar refractivity (Wildman–Crippen MR) is 108 cm³/mol. The lowest BCUT2D eigenvalue weighted by Gasteiger charge is -2.22. The largest absolute Gasteiger partial charge is 0.325 e. The molecule has 0 unspecified atom stereocenters. The molecule has 2 aromatic rings. The van der Waals surface area contributed by atoms with Crippen molar-refractivity contribution in [3.8, 4) is 0 Å². The number of carbonyl (C=O) groups excluding carboxylic acids is 3. The number of imide groups is 1. The number of carbonyl (C=O) groups is 3. The average molecular weight is 379 g/mol. The Morgan fingerprint density at radius 2 is 1.75 bits per heavy atom. The van der Waals surface area contributed by atoms with Gasteiger partial charge in [0.25, 0.3) is 5.91 Å². The number of nitrogens with one attached hydrogen (secondary N) is 2. The van der Waals surface area contributed by atoms with Crippen LogP contribution in [0.3, 0.4) is 0 Å². The van der Waals surface area contributed by atoms with Crippen LogP contribution >= 0.6 is 0 Å². The van der Waals surface area contributed by atoms with Gasteiger partial charge < -0.3 is 10.6 Å². The smallest absolute Gasteiger partial charge is 0.324 e. The second-order valence-electron chi connectivity index (χ2n) is 7.26. The zero-order valence-corrected chi connectivity index (χ0v) is 16.4. The third-order valence-electron chi connectivity index (χ3n) is 5.31. The molecule has 1 aliphatic rings. The highest BCUT2D eigenvalue weighted by Crippen LogP contribution is 2.29. The van der Waals surface area contributed by atoms with E-state index in [-0.39, 0.29) is 12.5 Å². The number of anilines is 1. The van der Waals surface area contributed by atoms with Crippen LogP contribution in [0.15, 0.2) is 54.6 Å². The van der Waals surface area contributed by atoms with Gasteiger partial charge in [0.1, 0.15) is 12.1 Å². The molecule has 2 aromatic carbocycles. The van der Waals surface area contributed by atoms with Crippen LogP contribution in [-0.4, -0.2) is 29.3 Å². The van der Waals surface area contributed by atoms with Gasteiger partial charge in [-0.25, -0.2) is 4.79 Å². The fraction of sp³-hybridized carbons (Fsp3) is 0.318. The minimum absolute atomic E-state index is 0.287. The van der Waals surface area contributed by atoms with Crippen LogP contribution in [0.4, 0.5) is 10.5 Å². The van der Waals surface area contributed by atoms with Gasteiger partial charge in [-0.1, -0.05) is 62.4 Å². The molecule has 0 aliphatic carbocycles. The summed E-state index contributed by atoms with van der Waals surface area (Å²) in [5.41, 5.74) is 1.25. The maximum Gasteiger partial charge on any atom is 0.325 e. The maximum atomic E-state index is 12.9. The Balaban J connectivity index is 1.75. The van der Waals surface area contributed by atoms with Gasteiger partial charge >= 0.3 is 6.03 Å². The van der Waals surface area contributed by atoms with Crippen molar-refractivity contribution in [2.75, 3.05) is 11.9 Å². The normalized spacial score (nSPS) is 20.0. The number of amides is 4. The van der Waals surface area contributed by atoms with Crippen LogP contribution in [0.5, 0.6) is 0 Å². The van der Waals surface area contributed by atoms with Gasteiger partial charge in [0.2, 0.25) is 5.91 Å². The number of hydrogen-bond donors (Lipinski definition) is 2. The van der Waals surface area contributed by atoms with Crippen molar-refractivity contribution in [2.45, 2.75) is 38.6 Å². The van der Waals surface area contributed by atoms with E-state index in [1.807, 2.05) is 30.3 Å². The van der Waals surface area contributed by atoms with Crippen LogP contribution in [0.1, 0.15) is 44.2 Å². The number of hydrogen-bond acceptors (Lipinski definition) is 3. The highest BCUT2D eigenvalue weighted by atomic mass is 16.2. The molecule has 1 aliphatic heterocycles. The molecule has 28 heavy (non-hydrogen) atoms. The first kappa shape index (κ1) is 19.6. The quantitative estimate of drug-likeness (QED) is 0.753. The number of nitrogens with zero attached hydrogens (tertiary/aromatic N) is 1. The molecule has 1 heterocycles. The van der Waals surface area contributed by atoms with Gasteiger partial charge in [0.05, 0.1) is 0 Å². The zero-order valence-electron chi connectivity index (χ0n) is 16.4. The first-order valence-electron chi connectivity index (χ1n) is 9.45. The highest BCUT2D eigenvalue weighted by molar-refractivity contribution is 6.10. The first-order valence-corrected chi connectivity index (χ1v) is 9.45. The number of para-hydroxylation sites is 1. The van der Waals surface area contributed by atoms with Gasteiger partial charge in [-0.2, -0.15) is 0 Å².